The minimum atomic E-state index is -0.0749. The summed E-state index contributed by atoms with van der Waals surface area (Å²) in [7, 11) is 3.39. The van der Waals surface area contributed by atoms with Gasteiger partial charge in [0, 0.05) is 45.8 Å². The molecule has 132 valence electrons. The Hall–Kier alpha value is -2.74. The summed E-state index contributed by atoms with van der Waals surface area (Å²) in [5, 5.41) is 6.53. The molecule has 2 aromatic heterocycles. The first kappa shape index (κ1) is 17.1. The highest BCUT2D eigenvalue weighted by Crippen LogP contribution is 2.23. The van der Waals surface area contributed by atoms with Gasteiger partial charge in [0.15, 0.2) is 0 Å². The third-order valence-electron chi connectivity index (χ3n) is 4.23. The maximum absolute atomic E-state index is 12.4. The van der Waals surface area contributed by atoms with Crippen LogP contribution in [-0.2, 0) is 29.1 Å². The molecule has 0 aromatic carbocycles. The largest absolute Gasteiger partial charge is 0.367 e. The van der Waals surface area contributed by atoms with Crippen molar-refractivity contribution in [1.82, 2.24) is 25.0 Å². The number of aromatic amines is 1. The Morgan fingerprint density at radius 1 is 1.36 bits per heavy atom. The number of aromatic nitrogens is 3. The molecule has 0 fully saturated rings. The van der Waals surface area contributed by atoms with Gasteiger partial charge in [0.05, 0.1) is 6.61 Å². The number of ether oxygens (including phenoxy) is 1. The van der Waals surface area contributed by atoms with Gasteiger partial charge in [-0.3, -0.25) is 19.7 Å². The van der Waals surface area contributed by atoms with Crippen molar-refractivity contribution in [3.05, 3.63) is 47.0 Å². The number of likely N-dealkylation sites (N-methyl/N-ethyl adjacent to an activating group) is 1. The Bertz CT molecular complexity index is 758. The zero-order valence-corrected chi connectivity index (χ0v) is 14.4. The zero-order valence-electron chi connectivity index (χ0n) is 14.4. The van der Waals surface area contributed by atoms with E-state index in [0.29, 0.717) is 25.4 Å². The molecule has 0 bridgehead atoms. The van der Waals surface area contributed by atoms with Crippen molar-refractivity contribution in [3.8, 4) is 0 Å². The van der Waals surface area contributed by atoms with Crippen molar-refractivity contribution < 1.29 is 14.3 Å². The van der Waals surface area contributed by atoms with Gasteiger partial charge in [0.1, 0.15) is 12.3 Å². The summed E-state index contributed by atoms with van der Waals surface area (Å²) < 4.78 is 5.52. The van der Waals surface area contributed by atoms with E-state index in [1.165, 1.54) is 4.90 Å². The van der Waals surface area contributed by atoms with Gasteiger partial charge in [-0.05, 0) is 29.2 Å². The van der Waals surface area contributed by atoms with Crippen molar-refractivity contribution in [2.24, 2.45) is 0 Å². The minimum Gasteiger partial charge on any atom is -0.367 e. The van der Waals surface area contributed by atoms with E-state index in [2.05, 4.69) is 15.2 Å². The molecule has 8 nitrogen and oxygen atoms in total. The molecule has 0 aliphatic carbocycles. The van der Waals surface area contributed by atoms with Crippen molar-refractivity contribution in [2.45, 2.75) is 19.6 Å². The molecule has 3 heterocycles. The smallest absolute Gasteiger partial charge is 0.272 e. The Kier molecular flexibility index (Phi) is 5.08. The molecule has 0 saturated carbocycles. The van der Waals surface area contributed by atoms with Crippen LogP contribution in [0.25, 0.3) is 0 Å². The normalized spacial score (nSPS) is 13.4. The van der Waals surface area contributed by atoms with Crippen LogP contribution in [0.1, 0.15) is 27.2 Å². The molecule has 0 spiro atoms. The average molecular weight is 343 g/mol. The number of hydrogen-bond acceptors (Lipinski definition) is 5. The second-order valence-corrected chi connectivity index (χ2v) is 6.16. The number of carbonyl (C=O) groups is 2. The summed E-state index contributed by atoms with van der Waals surface area (Å²) in [6.45, 7) is 1.51. The van der Waals surface area contributed by atoms with Crippen LogP contribution in [0.5, 0.6) is 0 Å². The van der Waals surface area contributed by atoms with Gasteiger partial charge >= 0.3 is 0 Å². The molecule has 3 rings (SSSR count). The van der Waals surface area contributed by atoms with Crippen LogP contribution < -0.4 is 0 Å². The zero-order chi connectivity index (χ0) is 17.8. The van der Waals surface area contributed by atoms with E-state index in [1.54, 1.807) is 43.7 Å². The second-order valence-electron chi connectivity index (χ2n) is 6.16. The van der Waals surface area contributed by atoms with E-state index >= 15 is 0 Å². The Morgan fingerprint density at radius 2 is 2.20 bits per heavy atom. The molecular weight excluding hydrogens is 322 g/mol. The summed E-state index contributed by atoms with van der Waals surface area (Å²) in [5.41, 5.74) is 3.62. The number of pyridine rings is 1. The van der Waals surface area contributed by atoms with Crippen molar-refractivity contribution in [1.29, 1.82) is 0 Å². The van der Waals surface area contributed by atoms with Gasteiger partial charge in [-0.2, -0.15) is 5.10 Å². The number of carbonyl (C=O) groups excluding carboxylic acids is 2. The fourth-order valence-corrected chi connectivity index (χ4v) is 2.79. The van der Waals surface area contributed by atoms with Crippen molar-refractivity contribution >= 4 is 11.8 Å². The Labute approximate surface area is 145 Å². The molecule has 8 heteroatoms. The van der Waals surface area contributed by atoms with E-state index in [-0.39, 0.29) is 18.4 Å². The molecule has 2 aromatic rings. The maximum Gasteiger partial charge on any atom is 0.272 e. The highest BCUT2D eigenvalue weighted by molar-refractivity contribution is 5.92. The van der Waals surface area contributed by atoms with Crippen LogP contribution >= 0.6 is 0 Å². The number of nitrogens with one attached hydrogen (secondary N) is 1. The van der Waals surface area contributed by atoms with Gasteiger partial charge in [0.25, 0.3) is 5.91 Å². The van der Waals surface area contributed by atoms with Crippen molar-refractivity contribution in [3.63, 3.8) is 0 Å². The molecule has 1 aliphatic heterocycles. The Morgan fingerprint density at radius 3 is 2.92 bits per heavy atom. The number of nitrogens with zero attached hydrogens (tertiary/aromatic N) is 4. The summed E-state index contributed by atoms with van der Waals surface area (Å²) in [6.07, 6.45) is 5.86. The van der Waals surface area contributed by atoms with Crippen LogP contribution in [-0.4, -0.2) is 64.0 Å². The third kappa shape index (κ3) is 3.85. The lowest BCUT2D eigenvalue weighted by molar-refractivity contribution is -0.133. The van der Waals surface area contributed by atoms with Crippen LogP contribution in [0.2, 0.25) is 0 Å². The molecule has 0 atom stereocenters. The fourth-order valence-electron chi connectivity index (χ4n) is 2.79. The number of fused-ring (bicyclic) bond motifs is 1. The van der Waals surface area contributed by atoms with Gasteiger partial charge in [-0.15, -0.1) is 0 Å². The van der Waals surface area contributed by atoms with Crippen LogP contribution in [0.4, 0.5) is 0 Å². The van der Waals surface area contributed by atoms with E-state index < -0.39 is 0 Å². The molecule has 2 amide bonds. The van der Waals surface area contributed by atoms with Gasteiger partial charge in [-0.25, -0.2) is 0 Å². The molecule has 0 radical (unpaired) electrons. The SMILES string of the molecule is CN(C)C(=O)COCc1cncc2c1CCN(C(=O)c1ccn[nH]1)C2. The standard InChI is InChI=1S/C17H21N5O3/c1-21(2)16(23)11-25-10-13-8-18-7-12-9-22(6-4-14(12)13)17(24)15-3-5-19-20-15/h3,5,7-8H,4,6,9-11H2,1-2H3,(H,19,20). The number of H-pyrrole nitrogens is 1. The maximum atomic E-state index is 12.4. The number of rotatable bonds is 5. The van der Waals surface area contributed by atoms with Crippen LogP contribution in [0.3, 0.4) is 0 Å². The number of amides is 2. The molecule has 0 saturated heterocycles. The van der Waals surface area contributed by atoms with Gasteiger partial charge < -0.3 is 14.5 Å². The lowest BCUT2D eigenvalue weighted by atomic mass is 9.97. The van der Waals surface area contributed by atoms with E-state index in [9.17, 15) is 9.59 Å². The molecule has 1 N–H and O–H groups in total. The quantitative estimate of drug-likeness (QED) is 0.859. The monoisotopic (exact) mass is 343 g/mol. The van der Waals surface area contributed by atoms with Gasteiger partial charge in [0.2, 0.25) is 5.91 Å². The van der Waals surface area contributed by atoms with Crippen LogP contribution in [0, 0.1) is 0 Å². The molecular formula is C17H21N5O3. The second kappa shape index (κ2) is 7.43. The topological polar surface area (TPSA) is 91.4 Å². The summed E-state index contributed by atoms with van der Waals surface area (Å²) in [4.78, 5) is 31.5. The molecule has 25 heavy (non-hydrogen) atoms. The predicted molar refractivity (Wildman–Crippen MR) is 89.6 cm³/mol. The minimum absolute atomic E-state index is 0.0428. The van der Waals surface area contributed by atoms with E-state index in [0.717, 1.165) is 23.1 Å². The first-order valence-electron chi connectivity index (χ1n) is 8.07. The lowest BCUT2D eigenvalue weighted by Gasteiger charge is -2.29. The highest BCUT2D eigenvalue weighted by atomic mass is 16.5. The van der Waals surface area contributed by atoms with E-state index in [1.807, 2.05) is 0 Å². The number of hydrogen-bond donors (Lipinski definition) is 1. The Balaban J connectivity index is 1.66. The third-order valence-corrected chi connectivity index (χ3v) is 4.23. The first-order chi connectivity index (χ1) is 12.1. The summed E-state index contributed by atoms with van der Waals surface area (Å²) in [5.74, 6) is -0.143. The van der Waals surface area contributed by atoms with E-state index in [4.69, 9.17) is 4.74 Å². The molecule has 0 unspecified atom stereocenters. The first-order valence-corrected chi connectivity index (χ1v) is 8.07. The highest BCUT2D eigenvalue weighted by Gasteiger charge is 2.24. The van der Waals surface area contributed by atoms with Gasteiger partial charge in [-0.1, -0.05) is 0 Å². The summed E-state index contributed by atoms with van der Waals surface area (Å²) >= 11 is 0. The predicted octanol–water partition coefficient (Wildman–Crippen LogP) is 0.608. The van der Waals surface area contributed by atoms with Crippen molar-refractivity contribution in [2.75, 3.05) is 27.2 Å². The fraction of sp³-hybridized carbons (Fsp3) is 0.412. The summed E-state index contributed by atoms with van der Waals surface area (Å²) in [6, 6.07) is 1.67. The lowest BCUT2D eigenvalue weighted by Crippen LogP contribution is -2.36. The molecule has 1 aliphatic rings. The van der Waals surface area contributed by atoms with Crippen LogP contribution in [0.15, 0.2) is 24.7 Å². The average Bonchev–Trinajstić information content (AvgIpc) is 3.15.